The maximum atomic E-state index is 12.5. The topological polar surface area (TPSA) is 75.3 Å². The molecule has 0 fully saturated rings. The number of benzene rings is 1. The number of amides is 1. The van der Waals surface area contributed by atoms with Crippen molar-refractivity contribution >= 4 is 27.3 Å². The summed E-state index contributed by atoms with van der Waals surface area (Å²) in [6, 6.07) is 6.99. The third-order valence-electron chi connectivity index (χ3n) is 4.90. The molecule has 1 aromatic carbocycles. The van der Waals surface area contributed by atoms with Crippen LogP contribution in [0, 0.1) is 19.8 Å². The third-order valence-corrected chi connectivity index (χ3v) is 7.55. The standard InChI is InChI=1S/C19H24N2O3S2/c1-4-14-6-7-16-15(10-14)11-17(25-16)19(22)20-21-26(23,24)18-8-5-12(2)9-13(18)3/h5,8-9,11,14,21H,4,6-7,10H2,1-3H3,(H,20,22)/t14-/m0/s1. The Morgan fingerprint density at radius 1 is 1.27 bits per heavy atom. The summed E-state index contributed by atoms with van der Waals surface area (Å²) in [5.41, 5.74) is 5.21. The Labute approximate surface area is 158 Å². The maximum absolute atomic E-state index is 12.5. The lowest BCUT2D eigenvalue weighted by atomic mass is 9.87. The lowest BCUT2D eigenvalue weighted by molar-refractivity contribution is 0.0949. The number of hydrogen-bond donors (Lipinski definition) is 2. The molecule has 0 aliphatic heterocycles. The summed E-state index contributed by atoms with van der Waals surface area (Å²) in [7, 11) is -3.80. The van der Waals surface area contributed by atoms with Gasteiger partial charge in [0.05, 0.1) is 9.77 Å². The Morgan fingerprint density at radius 2 is 2.04 bits per heavy atom. The molecule has 26 heavy (non-hydrogen) atoms. The van der Waals surface area contributed by atoms with E-state index in [1.54, 1.807) is 25.1 Å². The van der Waals surface area contributed by atoms with Gasteiger partial charge < -0.3 is 0 Å². The fraction of sp³-hybridized carbons (Fsp3) is 0.421. The number of rotatable bonds is 5. The highest BCUT2D eigenvalue weighted by atomic mass is 32.2. The molecule has 3 rings (SSSR count). The SMILES string of the molecule is CC[C@H]1CCc2sc(C(=O)NNS(=O)(=O)c3ccc(C)cc3C)cc2C1. The maximum Gasteiger partial charge on any atom is 0.276 e. The summed E-state index contributed by atoms with van der Waals surface area (Å²) < 4.78 is 24.9. The zero-order valence-electron chi connectivity index (χ0n) is 15.3. The lowest BCUT2D eigenvalue weighted by Gasteiger charge is -2.19. The quantitative estimate of drug-likeness (QED) is 0.765. The van der Waals surface area contributed by atoms with Crippen LogP contribution in [-0.4, -0.2) is 14.3 Å². The van der Waals surface area contributed by atoms with Crippen molar-refractivity contribution in [1.29, 1.82) is 0 Å². The number of carbonyl (C=O) groups is 1. The molecule has 2 N–H and O–H groups in total. The fourth-order valence-electron chi connectivity index (χ4n) is 3.39. The first-order valence-electron chi connectivity index (χ1n) is 8.81. The Hall–Kier alpha value is -1.70. The molecule has 1 atom stereocenters. The van der Waals surface area contributed by atoms with Gasteiger partial charge in [0, 0.05) is 4.88 Å². The van der Waals surface area contributed by atoms with E-state index >= 15 is 0 Å². The minimum Gasteiger partial charge on any atom is -0.273 e. The second kappa shape index (κ2) is 7.50. The molecular formula is C19H24N2O3S2. The minimum atomic E-state index is -3.80. The van der Waals surface area contributed by atoms with Crippen LogP contribution in [-0.2, 0) is 22.9 Å². The normalized spacial score (nSPS) is 17.0. The first kappa shape index (κ1) is 19.1. The van der Waals surface area contributed by atoms with E-state index in [9.17, 15) is 13.2 Å². The smallest absolute Gasteiger partial charge is 0.273 e. The van der Waals surface area contributed by atoms with Crippen molar-refractivity contribution in [3.05, 3.63) is 50.7 Å². The monoisotopic (exact) mass is 392 g/mol. The number of fused-ring (bicyclic) bond motifs is 1. The van der Waals surface area contributed by atoms with Crippen LogP contribution in [0.5, 0.6) is 0 Å². The second-order valence-electron chi connectivity index (χ2n) is 6.90. The zero-order chi connectivity index (χ0) is 18.9. The number of hydrazine groups is 1. The molecule has 1 amide bonds. The Kier molecular flexibility index (Phi) is 5.50. The van der Waals surface area contributed by atoms with Crippen molar-refractivity contribution in [1.82, 2.24) is 10.3 Å². The average Bonchev–Trinajstić information content (AvgIpc) is 3.02. The van der Waals surface area contributed by atoms with Gasteiger partial charge >= 0.3 is 0 Å². The predicted octanol–water partition coefficient (Wildman–Crippen LogP) is 3.50. The van der Waals surface area contributed by atoms with E-state index in [0.29, 0.717) is 16.4 Å². The van der Waals surface area contributed by atoms with Gasteiger partial charge in [-0.3, -0.25) is 10.2 Å². The molecule has 0 unspecified atom stereocenters. The van der Waals surface area contributed by atoms with Gasteiger partial charge in [-0.25, -0.2) is 8.42 Å². The van der Waals surface area contributed by atoms with Crippen molar-refractivity contribution in [2.75, 3.05) is 0 Å². The molecule has 1 aromatic heterocycles. The highest BCUT2D eigenvalue weighted by molar-refractivity contribution is 7.89. The van der Waals surface area contributed by atoms with E-state index in [0.717, 1.165) is 31.2 Å². The van der Waals surface area contributed by atoms with Crippen molar-refractivity contribution in [3.63, 3.8) is 0 Å². The Balaban J connectivity index is 1.70. The summed E-state index contributed by atoms with van der Waals surface area (Å²) in [6.45, 7) is 5.83. The minimum absolute atomic E-state index is 0.166. The fourth-order valence-corrected chi connectivity index (χ4v) is 5.56. The van der Waals surface area contributed by atoms with Crippen molar-refractivity contribution in [2.24, 2.45) is 5.92 Å². The molecular weight excluding hydrogens is 368 g/mol. The van der Waals surface area contributed by atoms with Gasteiger partial charge in [-0.05, 0) is 62.3 Å². The first-order valence-corrected chi connectivity index (χ1v) is 11.1. The highest BCUT2D eigenvalue weighted by Gasteiger charge is 2.23. The molecule has 0 saturated heterocycles. The van der Waals surface area contributed by atoms with Crippen LogP contribution >= 0.6 is 11.3 Å². The van der Waals surface area contributed by atoms with E-state index in [1.807, 2.05) is 13.0 Å². The molecule has 5 nitrogen and oxygen atoms in total. The molecule has 0 saturated carbocycles. The number of sulfonamides is 1. The zero-order valence-corrected chi connectivity index (χ0v) is 16.9. The number of carbonyl (C=O) groups excluding carboxylic acids is 1. The lowest BCUT2D eigenvalue weighted by Crippen LogP contribution is -2.41. The van der Waals surface area contributed by atoms with Gasteiger partial charge in [-0.15, -0.1) is 16.2 Å². The summed E-state index contributed by atoms with van der Waals surface area (Å²) >= 11 is 1.46. The molecule has 7 heteroatoms. The molecule has 0 bridgehead atoms. The van der Waals surface area contributed by atoms with Crippen LogP contribution in [0.4, 0.5) is 0 Å². The van der Waals surface area contributed by atoms with Crippen LogP contribution < -0.4 is 10.3 Å². The Morgan fingerprint density at radius 3 is 2.73 bits per heavy atom. The van der Waals surface area contributed by atoms with Gasteiger partial charge in [-0.1, -0.05) is 31.0 Å². The van der Waals surface area contributed by atoms with Crippen LogP contribution in [0.1, 0.15) is 51.0 Å². The molecule has 0 radical (unpaired) electrons. The van der Waals surface area contributed by atoms with E-state index in [2.05, 4.69) is 17.2 Å². The highest BCUT2D eigenvalue weighted by Crippen LogP contribution is 2.33. The second-order valence-corrected chi connectivity index (χ2v) is 9.69. The summed E-state index contributed by atoms with van der Waals surface area (Å²) in [6.07, 6.45) is 4.31. The summed E-state index contributed by atoms with van der Waals surface area (Å²) in [4.78, 5) is 16.6. The van der Waals surface area contributed by atoms with E-state index < -0.39 is 15.9 Å². The van der Waals surface area contributed by atoms with Gasteiger partial charge in [0.2, 0.25) is 0 Å². The molecule has 1 aliphatic rings. The van der Waals surface area contributed by atoms with Crippen molar-refractivity contribution < 1.29 is 13.2 Å². The third kappa shape index (κ3) is 4.00. The molecule has 1 aliphatic carbocycles. The molecule has 140 valence electrons. The predicted molar refractivity (Wildman–Crippen MR) is 104 cm³/mol. The van der Waals surface area contributed by atoms with Gasteiger partial charge in [0.25, 0.3) is 15.9 Å². The van der Waals surface area contributed by atoms with Gasteiger partial charge in [0.1, 0.15) is 0 Å². The van der Waals surface area contributed by atoms with Crippen LogP contribution in [0.15, 0.2) is 29.2 Å². The van der Waals surface area contributed by atoms with Crippen LogP contribution in [0.3, 0.4) is 0 Å². The number of nitrogens with one attached hydrogen (secondary N) is 2. The van der Waals surface area contributed by atoms with E-state index in [-0.39, 0.29) is 4.90 Å². The Bertz CT molecular complexity index is 932. The van der Waals surface area contributed by atoms with Crippen LogP contribution in [0.2, 0.25) is 0 Å². The molecule has 0 spiro atoms. The van der Waals surface area contributed by atoms with Crippen molar-refractivity contribution in [2.45, 2.75) is 51.3 Å². The van der Waals surface area contributed by atoms with E-state index in [4.69, 9.17) is 0 Å². The van der Waals surface area contributed by atoms with E-state index in [1.165, 1.54) is 21.8 Å². The number of hydrogen-bond acceptors (Lipinski definition) is 4. The van der Waals surface area contributed by atoms with Gasteiger partial charge in [-0.2, -0.15) is 0 Å². The molecule has 1 heterocycles. The average molecular weight is 393 g/mol. The first-order chi connectivity index (χ1) is 12.3. The van der Waals surface area contributed by atoms with Gasteiger partial charge in [0.15, 0.2) is 0 Å². The summed E-state index contributed by atoms with van der Waals surface area (Å²) in [5, 5.41) is 0. The number of aryl methyl sites for hydroxylation is 3. The number of thiophene rings is 1. The molecule has 2 aromatic rings. The largest absolute Gasteiger partial charge is 0.276 e. The van der Waals surface area contributed by atoms with Crippen LogP contribution in [0.25, 0.3) is 0 Å². The summed E-state index contributed by atoms with van der Waals surface area (Å²) in [5.74, 6) is 0.266. The van der Waals surface area contributed by atoms with Crippen molar-refractivity contribution in [3.8, 4) is 0 Å².